The van der Waals surface area contributed by atoms with Crippen LogP contribution in [0.5, 0.6) is 0 Å². The molecule has 1 aromatic rings. The number of nitrogens with zero attached hydrogens (tertiary/aromatic N) is 2. The number of carbonyl (C=O) groups is 2. The average Bonchev–Trinajstić information content (AvgIpc) is 2.28. The predicted octanol–water partition coefficient (Wildman–Crippen LogP) is 0.729. The van der Waals surface area contributed by atoms with Crippen molar-refractivity contribution >= 4 is 12.3 Å². The Bertz CT molecular complexity index is 355. The minimum Gasteiger partial charge on any atom is -0.450 e. The van der Waals surface area contributed by atoms with E-state index in [1.807, 2.05) is 6.20 Å². The standard InChI is InChI=1S/C7H9N3.2CH2O3.H3N/c1-2-8-3-6-4-9-5-10-7(1)6;2*2-1(3)4;/h4-5,8H,1-3H2;2*(H2,2,3,4);1H3. The van der Waals surface area contributed by atoms with Crippen LogP contribution in [0, 0.1) is 0 Å². The summed E-state index contributed by atoms with van der Waals surface area (Å²) in [7, 11) is 0. The summed E-state index contributed by atoms with van der Waals surface area (Å²) in [6, 6.07) is 0. The molecule has 2 rings (SSSR count). The molecule has 0 spiro atoms. The molecular formula is C9H16N4O6. The molecule has 0 fully saturated rings. The highest BCUT2D eigenvalue weighted by Crippen LogP contribution is 2.07. The zero-order chi connectivity index (χ0) is 14.0. The maximum atomic E-state index is 8.56. The molecule has 19 heavy (non-hydrogen) atoms. The quantitative estimate of drug-likeness (QED) is 0.394. The summed E-state index contributed by atoms with van der Waals surface area (Å²) in [5, 5.41) is 31.1. The van der Waals surface area contributed by atoms with Crippen molar-refractivity contribution in [2.24, 2.45) is 0 Å². The van der Waals surface area contributed by atoms with Crippen LogP contribution in [-0.4, -0.2) is 49.2 Å². The number of fused-ring (bicyclic) bond motifs is 1. The summed E-state index contributed by atoms with van der Waals surface area (Å²) in [6.07, 6.45) is 0.872. The van der Waals surface area contributed by atoms with E-state index in [2.05, 4.69) is 15.3 Å². The molecule has 108 valence electrons. The van der Waals surface area contributed by atoms with Gasteiger partial charge in [-0.05, 0) is 0 Å². The molecule has 0 amide bonds. The Morgan fingerprint density at radius 1 is 1.16 bits per heavy atom. The molecule has 0 aliphatic carbocycles. The number of hydrogen-bond donors (Lipinski definition) is 6. The Hall–Kier alpha value is -2.46. The van der Waals surface area contributed by atoms with Gasteiger partial charge in [-0.1, -0.05) is 0 Å². The summed E-state index contributed by atoms with van der Waals surface area (Å²) in [6.45, 7) is 1.97. The molecule has 1 aliphatic rings. The second-order valence-corrected chi connectivity index (χ2v) is 2.99. The highest BCUT2D eigenvalue weighted by molar-refractivity contribution is 5.53. The predicted molar refractivity (Wildman–Crippen MR) is 63.8 cm³/mol. The number of carboxylic acid groups (broad SMARTS) is 4. The minimum absolute atomic E-state index is 0. The highest BCUT2D eigenvalue weighted by atomic mass is 16.6. The summed E-state index contributed by atoms with van der Waals surface area (Å²) < 4.78 is 0. The van der Waals surface area contributed by atoms with Gasteiger partial charge < -0.3 is 31.9 Å². The lowest BCUT2D eigenvalue weighted by Crippen LogP contribution is -2.24. The SMILES string of the molecule is N.O=C(O)O.O=C(O)O.c1ncc2c(n1)CCNC2. The van der Waals surface area contributed by atoms with Crippen molar-refractivity contribution < 1.29 is 30.0 Å². The van der Waals surface area contributed by atoms with Gasteiger partial charge in [0.05, 0.1) is 0 Å². The minimum atomic E-state index is -1.83. The van der Waals surface area contributed by atoms with Crippen LogP contribution < -0.4 is 11.5 Å². The molecule has 0 unspecified atom stereocenters. The molecule has 10 nitrogen and oxygen atoms in total. The Morgan fingerprint density at radius 3 is 2.16 bits per heavy atom. The second-order valence-electron chi connectivity index (χ2n) is 2.99. The Labute approximate surface area is 108 Å². The molecule has 2 heterocycles. The van der Waals surface area contributed by atoms with Crippen LogP contribution in [0.15, 0.2) is 12.5 Å². The van der Waals surface area contributed by atoms with Crippen LogP contribution in [-0.2, 0) is 13.0 Å². The number of nitrogens with one attached hydrogen (secondary N) is 1. The monoisotopic (exact) mass is 276 g/mol. The zero-order valence-electron chi connectivity index (χ0n) is 9.98. The third kappa shape index (κ3) is 11.8. The Morgan fingerprint density at radius 2 is 1.68 bits per heavy atom. The van der Waals surface area contributed by atoms with E-state index in [1.165, 1.54) is 11.3 Å². The van der Waals surface area contributed by atoms with Crippen molar-refractivity contribution in [3.8, 4) is 0 Å². The fraction of sp³-hybridized carbons (Fsp3) is 0.333. The van der Waals surface area contributed by atoms with Crippen molar-refractivity contribution in [3.05, 3.63) is 23.8 Å². The van der Waals surface area contributed by atoms with E-state index in [4.69, 9.17) is 30.0 Å². The molecule has 0 saturated carbocycles. The van der Waals surface area contributed by atoms with E-state index >= 15 is 0 Å². The molecule has 0 aromatic carbocycles. The maximum Gasteiger partial charge on any atom is 0.503 e. The third-order valence-electron chi connectivity index (χ3n) is 1.74. The first-order chi connectivity index (χ1) is 8.43. The molecule has 0 saturated heterocycles. The topological polar surface area (TPSA) is 188 Å². The highest BCUT2D eigenvalue weighted by Gasteiger charge is 2.07. The normalized spacial score (nSPS) is 11.2. The molecule has 0 atom stereocenters. The molecule has 0 radical (unpaired) electrons. The van der Waals surface area contributed by atoms with E-state index in [0.717, 1.165) is 19.5 Å². The van der Waals surface area contributed by atoms with Crippen LogP contribution in [0.1, 0.15) is 11.3 Å². The van der Waals surface area contributed by atoms with Crippen molar-refractivity contribution in [2.45, 2.75) is 13.0 Å². The van der Waals surface area contributed by atoms with Crippen LogP contribution in [0.3, 0.4) is 0 Å². The lowest BCUT2D eigenvalue weighted by atomic mass is 10.1. The van der Waals surface area contributed by atoms with E-state index in [9.17, 15) is 0 Å². The first-order valence-electron chi connectivity index (χ1n) is 4.75. The summed E-state index contributed by atoms with van der Waals surface area (Å²) in [4.78, 5) is 25.2. The van der Waals surface area contributed by atoms with Crippen molar-refractivity contribution in [1.29, 1.82) is 0 Å². The van der Waals surface area contributed by atoms with Crippen LogP contribution >= 0.6 is 0 Å². The summed E-state index contributed by atoms with van der Waals surface area (Å²) >= 11 is 0. The fourth-order valence-corrected chi connectivity index (χ4v) is 1.19. The van der Waals surface area contributed by atoms with Gasteiger partial charge in [0.15, 0.2) is 0 Å². The largest absolute Gasteiger partial charge is 0.503 e. The van der Waals surface area contributed by atoms with Gasteiger partial charge in [0, 0.05) is 37.0 Å². The smallest absolute Gasteiger partial charge is 0.450 e. The van der Waals surface area contributed by atoms with Crippen molar-refractivity contribution in [1.82, 2.24) is 21.4 Å². The van der Waals surface area contributed by atoms with Crippen LogP contribution in [0.2, 0.25) is 0 Å². The lowest BCUT2D eigenvalue weighted by Gasteiger charge is -2.13. The van der Waals surface area contributed by atoms with Crippen LogP contribution in [0.25, 0.3) is 0 Å². The fourth-order valence-electron chi connectivity index (χ4n) is 1.19. The molecule has 1 aliphatic heterocycles. The van der Waals surface area contributed by atoms with Crippen molar-refractivity contribution in [2.75, 3.05) is 6.54 Å². The first kappa shape index (κ1) is 18.9. The number of aromatic nitrogens is 2. The van der Waals surface area contributed by atoms with Gasteiger partial charge >= 0.3 is 12.3 Å². The summed E-state index contributed by atoms with van der Waals surface area (Å²) in [5.74, 6) is 0. The Kier molecular flexibility index (Phi) is 10.6. The van der Waals surface area contributed by atoms with Gasteiger partial charge in [-0.25, -0.2) is 19.6 Å². The maximum absolute atomic E-state index is 8.56. The second kappa shape index (κ2) is 10.7. The van der Waals surface area contributed by atoms with E-state index in [1.54, 1.807) is 6.33 Å². The average molecular weight is 276 g/mol. The van der Waals surface area contributed by atoms with Crippen molar-refractivity contribution in [3.63, 3.8) is 0 Å². The Balaban J connectivity index is 0. The molecular weight excluding hydrogens is 260 g/mol. The lowest BCUT2D eigenvalue weighted by molar-refractivity contribution is 0.135. The van der Waals surface area contributed by atoms with Gasteiger partial charge in [-0.2, -0.15) is 0 Å². The van der Waals surface area contributed by atoms with Gasteiger partial charge in [0.25, 0.3) is 0 Å². The number of rotatable bonds is 0. The summed E-state index contributed by atoms with van der Waals surface area (Å²) in [5.41, 5.74) is 2.45. The van der Waals surface area contributed by atoms with Gasteiger partial charge in [-0.3, -0.25) is 0 Å². The van der Waals surface area contributed by atoms with E-state index in [0.29, 0.717) is 0 Å². The third-order valence-corrected chi connectivity index (χ3v) is 1.74. The molecule has 0 bridgehead atoms. The van der Waals surface area contributed by atoms with Gasteiger partial charge in [-0.15, -0.1) is 0 Å². The molecule has 1 aromatic heterocycles. The van der Waals surface area contributed by atoms with Crippen LogP contribution in [0.4, 0.5) is 9.59 Å². The van der Waals surface area contributed by atoms with Gasteiger partial charge in [0.1, 0.15) is 6.33 Å². The zero-order valence-corrected chi connectivity index (χ0v) is 9.98. The van der Waals surface area contributed by atoms with E-state index < -0.39 is 12.3 Å². The number of hydrogen-bond acceptors (Lipinski definition) is 6. The molecule has 10 heteroatoms. The molecule has 8 N–H and O–H groups in total. The first-order valence-corrected chi connectivity index (χ1v) is 4.75. The van der Waals surface area contributed by atoms with E-state index in [-0.39, 0.29) is 6.15 Å². The van der Waals surface area contributed by atoms with Gasteiger partial charge in [0.2, 0.25) is 0 Å².